The Morgan fingerprint density at radius 1 is 1.06 bits per heavy atom. The van der Waals surface area contributed by atoms with Crippen molar-refractivity contribution >= 4 is 11.8 Å². The summed E-state index contributed by atoms with van der Waals surface area (Å²) in [6.45, 7) is 6.87. The number of rotatable bonds is 9. The third-order valence-corrected chi connectivity index (χ3v) is 3.69. The van der Waals surface area contributed by atoms with Crippen molar-refractivity contribution in [3.63, 3.8) is 0 Å². The van der Waals surface area contributed by atoms with Gasteiger partial charge in [0.05, 0.1) is 0 Å². The van der Waals surface area contributed by atoms with Gasteiger partial charge in [0.15, 0.2) is 0 Å². The Kier molecular flexibility index (Phi) is 8.20. The summed E-state index contributed by atoms with van der Waals surface area (Å²) < 4.78 is 0. The number of nitrogens with one attached hydrogen (secondary N) is 1. The van der Waals surface area contributed by atoms with Gasteiger partial charge in [-0.3, -0.25) is 0 Å². The van der Waals surface area contributed by atoms with E-state index in [-0.39, 0.29) is 0 Å². The second-order valence-corrected chi connectivity index (χ2v) is 5.97. The molecule has 0 fully saturated rings. The van der Waals surface area contributed by atoms with Crippen molar-refractivity contribution in [1.82, 2.24) is 5.32 Å². The van der Waals surface area contributed by atoms with Gasteiger partial charge in [0.2, 0.25) is 0 Å². The Hall–Kier alpha value is -0.470. The second-order valence-electron chi connectivity index (χ2n) is 4.80. The average Bonchev–Trinajstić information content (AvgIpc) is 2.33. The number of benzene rings is 1. The van der Waals surface area contributed by atoms with Gasteiger partial charge in [-0.1, -0.05) is 44.9 Å². The van der Waals surface area contributed by atoms with Crippen LogP contribution in [0, 0.1) is 5.92 Å². The fourth-order valence-electron chi connectivity index (χ4n) is 1.69. The lowest BCUT2D eigenvalue weighted by molar-refractivity contribution is 0.525. The van der Waals surface area contributed by atoms with E-state index in [0.29, 0.717) is 0 Å². The molecule has 0 aromatic heterocycles. The van der Waals surface area contributed by atoms with E-state index in [9.17, 15) is 0 Å². The smallest absolute Gasteiger partial charge is 0.0106 e. The Labute approximate surface area is 110 Å². The van der Waals surface area contributed by atoms with Gasteiger partial charge in [-0.05, 0) is 31.0 Å². The maximum atomic E-state index is 3.51. The topological polar surface area (TPSA) is 12.0 Å². The summed E-state index contributed by atoms with van der Waals surface area (Å²) in [5, 5.41) is 3.51. The van der Waals surface area contributed by atoms with Gasteiger partial charge >= 0.3 is 0 Å². The number of unbranched alkanes of at least 4 members (excludes halogenated alkanes) is 1. The van der Waals surface area contributed by atoms with E-state index in [1.165, 1.54) is 30.7 Å². The van der Waals surface area contributed by atoms with E-state index in [4.69, 9.17) is 0 Å². The van der Waals surface area contributed by atoms with Gasteiger partial charge in [-0.2, -0.15) is 0 Å². The van der Waals surface area contributed by atoms with Gasteiger partial charge in [-0.15, -0.1) is 11.8 Å². The first-order chi connectivity index (χ1) is 8.29. The minimum atomic E-state index is 0.851. The zero-order valence-electron chi connectivity index (χ0n) is 11.1. The highest BCUT2D eigenvalue weighted by molar-refractivity contribution is 7.99. The minimum absolute atomic E-state index is 0.851. The van der Waals surface area contributed by atoms with E-state index in [2.05, 4.69) is 49.5 Å². The molecule has 17 heavy (non-hydrogen) atoms. The molecule has 0 spiro atoms. The van der Waals surface area contributed by atoms with Gasteiger partial charge in [0, 0.05) is 17.2 Å². The van der Waals surface area contributed by atoms with Crippen molar-refractivity contribution in [2.24, 2.45) is 5.92 Å². The molecule has 1 aromatic carbocycles. The summed E-state index contributed by atoms with van der Waals surface area (Å²) in [4.78, 5) is 1.37. The third-order valence-electron chi connectivity index (χ3n) is 2.68. The van der Waals surface area contributed by atoms with Crippen LogP contribution in [0.3, 0.4) is 0 Å². The van der Waals surface area contributed by atoms with E-state index in [0.717, 1.165) is 18.2 Å². The molecule has 96 valence electrons. The Morgan fingerprint density at radius 2 is 1.82 bits per heavy atom. The van der Waals surface area contributed by atoms with Crippen LogP contribution in [0.5, 0.6) is 0 Å². The van der Waals surface area contributed by atoms with Crippen LogP contribution in [0.1, 0.15) is 33.1 Å². The van der Waals surface area contributed by atoms with Crippen molar-refractivity contribution in [1.29, 1.82) is 0 Å². The molecule has 1 nitrogen and oxygen atoms in total. The predicted molar refractivity (Wildman–Crippen MR) is 78.7 cm³/mol. The Bertz CT molecular complexity index is 272. The van der Waals surface area contributed by atoms with Gasteiger partial charge in [-0.25, -0.2) is 0 Å². The third kappa shape index (κ3) is 8.28. The molecule has 0 aliphatic rings. The lowest BCUT2D eigenvalue weighted by Gasteiger charge is -2.06. The van der Waals surface area contributed by atoms with Crippen molar-refractivity contribution in [2.45, 2.75) is 38.0 Å². The fraction of sp³-hybridized carbons (Fsp3) is 0.600. The van der Waals surface area contributed by atoms with Gasteiger partial charge in [0.1, 0.15) is 0 Å². The summed E-state index contributed by atoms with van der Waals surface area (Å²) in [5.74, 6) is 2.01. The first-order valence-corrected chi connectivity index (χ1v) is 7.66. The van der Waals surface area contributed by atoms with E-state index in [1.54, 1.807) is 0 Å². The summed E-state index contributed by atoms with van der Waals surface area (Å²) >= 11 is 1.93. The molecule has 0 bridgehead atoms. The van der Waals surface area contributed by atoms with Gasteiger partial charge < -0.3 is 5.32 Å². The maximum Gasteiger partial charge on any atom is 0.0106 e. The quantitative estimate of drug-likeness (QED) is 0.521. The zero-order chi connectivity index (χ0) is 12.3. The second kappa shape index (κ2) is 9.55. The molecule has 1 rings (SSSR count). The monoisotopic (exact) mass is 251 g/mol. The predicted octanol–water partition coefficient (Wildman–Crippen LogP) is 4.19. The lowest BCUT2D eigenvalue weighted by Crippen LogP contribution is -2.18. The number of thioether (sulfide) groups is 1. The van der Waals surface area contributed by atoms with Crippen LogP contribution in [0.25, 0.3) is 0 Å². The molecule has 1 aromatic rings. The molecule has 0 heterocycles. The summed E-state index contributed by atoms with van der Waals surface area (Å²) in [7, 11) is 0. The van der Waals surface area contributed by atoms with Crippen molar-refractivity contribution in [3.8, 4) is 0 Å². The van der Waals surface area contributed by atoms with Crippen LogP contribution in [-0.4, -0.2) is 18.8 Å². The van der Waals surface area contributed by atoms with Crippen LogP contribution < -0.4 is 5.32 Å². The molecule has 0 saturated heterocycles. The van der Waals surface area contributed by atoms with Crippen LogP contribution in [-0.2, 0) is 0 Å². The molecule has 2 heteroatoms. The molecule has 0 aliphatic heterocycles. The number of hydrogen-bond donors (Lipinski definition) is 1. The van der Waals surface area contributed by atoms with Crippen molar-refractivity contribution in [3.05, 3.63) is 30.3 Å². The highest BCUT2D eigenvalue weighted by atomic mass is 32.2. The van der Waals surface area contributed by atoms with Crippen LogP contribution in [0.2, 0.25) is 0 Å². The number of hydrogen-bond acceptors (Lipinski definition) is 2. The Balaban J connectivity index is 1.88. The molecule has 0 atom stereocenters. The zero-order valence-corrected chi connectivity index (χ0v) is 11.9. The molecule has 0 radical (unpaired) electrons. The molecule has 0 amide bonds. The van der Waals surface area contributed by atoms with Gasteiger partial charge in [0.25, 0.3) is 0 Å². The first kappa shape index (κ1) is 14.6. The van der Waals surface area contributed by atoms with E-state index >= 15 is 0 Å². The molecular formula is C15H25NS. The molecule has 0 aliphatic carbocycles. The lowest BCUT2D eigenvalue weighted by atomic mass is 10.1. The molecule has 0 saturated carbocycles. The first-order valence-electron chi connectivity index (χ1n) is 6.67. The van der Waals surface area contributed by atoms with Crippen LogP contribution in [0.4, 0.5) is 0 Å². The maximum absolute atomic E-state index is 3.51. The molecule has 1 N–H and O–H groups in total. The highest BCUT2D eigenvalue weighted by Gasteiger charge is 1.95. The van der Waals surface area contributed by atoms with Crippen LogP contribution >= 0.6 is 11.8 Å². The average molecular weight is 251 g/mol. The summed E-state index contributed by atoms with van der Waals surface area (Å²) in [5.41, 5.74) is 0. The fourth-order valence-corrected chi connectivity index (χ4v) is 2.52. The van der Waals surface area contributed by atoms with Crippen LogP contribution in [0.15, 0.2) is 35.2 Å². The Morgan fingerprint density at radius 3 is 2.53 bits per heavy atom. The standard InChI is InChI=1S/C15H25NS/c1-14(2)8-6-7-11-16-12-13-17-15-9-4-3-5-10-15/h3-5,9-10,14,16H,6-8,11-13H2,1-2H3. The SMILES string of the molecule is CC(C)CCCCNCCSc1ccccc1. The minimum Gasteiger partial charge on any atom is -0.316 e. The largest absolute Gasteiger partial charge is 0.316 e. The van der Waals surface area contributed by atoms with Crippen molar-refractivity contribution < 1.29 is 0 Å². The van der Waals surface area contributed by atoms with E-state index in [1.807, 2.05) is 11.8 Å². The highest BCUT2D eigenvalue weighted by Crippen LogP contribution is 2.15. The summed E-state index contributed by atoms with van der Waals surface area (Å²) in [6.07, 6.45) is 4.03. The van der Waals surface area contributed by atoms with E-state index < -0.39 is 0 Å². The summed E-state index contributed by atoms with van der Waals surface area (Å²) in [6, 6.07) is 10.6. The van der Waals surface area contributed by atoms with Crippen molar-refractivity contribution in [2.75, 3.05) is 18.8 Å². The normalized spacial score (nSPS) is 11.0. The molecular weight excluding hydrogens is 226 g/mol. The molecule has 0 unspecified atom stereocenters.